The van der Waals surface area contributed by atoms with Gasteiger partial charge in [-0.25, -0.2) is 0 Å². The maximum atomic E-state index is 12.8. The van der Waals surface area contributed by atoms with Crippen LogP contribution in [-0.2, 0) is 11.3 Å². The van der Waals surface area contributed by atoms with Crippen LogP contribution in [0.15, 0.2) is 24.3 Å². The molecule has 1 atom stereocenters. The van der Waals surface area contributed by atoms with Gasteiger partial charge in [0.15, 0.2) is 0 Å². The summed E-state index contributed by atoms with van der Waals surface area (Å²) in [6.07, 6.45) is 4.21. The number of unbranched alkanes of at least 4 members (excludes halogenated alkanes) is 1. The summed E-state index contributed by atoms with van der Waals surface area (Å²) in [5.74, 6) is 0.397. The molecule has 0 bridgehead atoms. The zero-order valence-corrected chi connectivity index (χ0v) is 13.5. The summed E-state index contributed by atoms with van der Waals surface area (Å²) in [5, 5.41) is 4.07. The van der Waals surface area contributed by atoms with Crippen molar-refractivity contribution in [3.8, 4) is 0 Å². The topological polar surface area (TPSA) is 32.3 Å². The summed E-state index contributed by atoms with van der Waals surface area (Å²) in [5.41, 5.74) is 1.03. The van der Waals surface area contributed by atoms with Crippen molar-refractivity contribution in [2.24, 2.45) is 5.92 Å². The zero-order valence-electron chi connectivity index (χ0n) is 12.8. The van der Waals surface area contributed by atoms with Crippen LogP contribution in [0.5, 0.6) is 0 Å². The predicted octanol–water partition coefficient (Wildman–Crippen LogP) is 3.47. The lowest BCUT2D eigenvalue weighted by atomic mass is 9.97. The van der Waals surface area contributed by atoms with E-state index in [1.807, 2.05) is 29.2 Å². The molecule has 2 rings (SSSR count). The molecule has 0 spiro atoms. The first kappa shape index (κ1) is 16.3. The number of nitrogens with one attached hydrogen (secondary N) is 1. The second-order valence-electron chi connectivity index (χ2n) is 5.75. The zero-order chi connectivity index (χ0) is 15.1. The predicted molar refractivity (Wildman–Crippen MR) is 87.4 cm³/mol. The molecular weight excluding hydrogens is 284 g/mol. The van der Waals surface area contributed by atoms with E-state index in [0.29, 0.717) is 6.54 Å². The quantitative estimate of drug-likeness (QED) is 0.873. The summed E-state index contributed by atoms with van der Waals surface area (Å²) in [6.45, 7) is 5.43. The van der Waals surface area contributed by atoms with Crippen molar-refractivity contribution >= 4 is 17.5 Å². The Hall–Kier alpha value is -1.06. The van der Waals surface area contributed by atoms with Crippen LogP contribution < -0.4 is 5.32 Å². The number of piperidine rings is 1. The van der Waals surface area contributed by atoms with E-state index >= 15 is 0 Å². The highest BCUT2D eigenvalue weighted by molar-refractivity contribution is 6.31. The molecule has 1 saturated heterocycles. The normalized spacial score (nSPS) is 18.5. The molecule has 1 aliphatic rings. The smallest absolute Gasteiger partial charge is 0.227 e. The lowest BCUT2D eigenvalue weighted by Crippen LogP contribution is -2.43. The number of carbonyl (C=O) groups excluding carboxylic acids is 1. The number of nitrogens with zero attached hydrogens (tertiary/aromatic N) is 1. The Morgan fingerprint density at radius 1 is 1.43 bits per heavy atom. The lowest BCUT2D eigenvalue weighted by Gasteiger charge is -2.30. The van der Waals surface area contributed by atoms with Gasteiger partial charge in [0.2, 0.25) is 5.91 Å². The number of halogens is 1. The molecule has 4 heteroatoms. The van der Waals surface area contributed by atoms with Crippen molar-refractivity contribution in [2.45, 2.75) is 39.2 Å². The highest BCUT2D eigenvalue weighted by Crippen LogP contribution is 2.20. The van der Waals surface area contributed by atoms with Gasteiger partial charge in [-0.2, -0.15) is 0 Å². The van der Waals surface area contributed by atoms with E-state index in [2.05, 4.69) is 12.2 Å². The van der Waals surface area contributed by atoms with Gasteiger partial charge >= 0.3 is 0 Å². The average Bonchev–Trinajstić information content (AvgIpc) is 2.53. The minimum absolute atomic E-state index is 0.123. The van der Waals surface area contributed by atoms with E-state index in [1.165, 1.54) is 0 Å². The van der Waals surface area contributed by atoms with Crippen LogP contribution in [-0.4, -0.2) is 30.4 Å². The van der Waals surface area contributed by atoms with Crippen molar-refractivity contribution < 1.29 is 4.79 Å². The SMILES string of the molecule is CCCCN(Cc1ccccc1Cl)C(=O)C1CCCNC1. The molecule has 0 aromatic heterocycles. The van der Waals surface area contributed by atoms with Crippen molar-refractivity contribution in [3.63, 3.8) is 0 Å². The van der Waals surface area contributed by atoms with Crippen molar-refractivity contribution in [3.05, 3.63) is 34.9 Å². The Kier molecular flexibility index (Phi) is 6.52. The van der Waals surface area contributed by atoms with E-state index in [0.717, 1.165) is 55.9 Å². The monoisotopic (exact) mass is 308 g/mol. The Bertz CT molecular complexity index is 458. The van der Waals surface area contributed by atoms with Gasteiger partial charge in [-0.3, -0.25) is 4.79 Å². The second kappa shape index (κ2) is 8.40. The maximum Gasteiger partial charge on any atom is 0.227 e. The van der Waals surface area contributed by atoms with Crippen molar-refractivity contribution in [1.82, 2.24) is 10.2 Å². The molecule has 1 heterocycles. The fourth-order valence-electron chi connectivity index (χ4n) is 2.77. The molecule has 1 aromatic rings. The fourth-order valence-corrected chi connectivity index (χ4v) is 2.96. The Balaban J connectivity index is 2.06. The molecule has 1 N–H and O–H groups in total. The van der Waals surface area contributed by atoms with Crippen LogP contribution in [0.3, 0.4) is 0 Å². The molecule has 21 heavy (non-hydrogen) atoms. The highest BCUT2D eigenvalue weighted by Gasteiger charge is 2.25. The first-order chi connectivity index (χ1) is 10.2. The van der Waals surface area contributed by atoms with E-state index in [1.54, 1.807) is 0 Å². The molecule has 0 aliphatic carbocycles. The number of hydrogen-bond acceptors (Lipinski definition) is 2. The van der Waals surface area contributed by atoms with E-state index in [4.69, 9.17) is 11.6 Å². The van der Waals surface area contributed by atoms with E-state index < -0.39 is 0 Å². The third kappa shape index (κ3) is 4.72. The third-order valence-electron chi connectivity index (χ3n) is 4.06. The number of amides is 1. The number of rotatable bonds is 6. The van der Waals surface area contributed by atoms with E-state index in [9.17, 15) is 4.79 Å². The summed E-state index contributed by atoms with van der Waals surface area (Å²) >= 11 is 6.24. The Morgan fingerprint density at radius 2 is 2.24 bits per heavy atom. The average molecular weight is 309 g/mol. The number of hydrogen-bond donors (Lipinski definition) is 1. The third-order valence-corrected chi connectivity index (χ3v) is 4.43. The van der Waals surface area contributed by atoms with Gasteiger partial charge in [0.05, 0.1) is 5.92 Å². The first-order valence-electron chi connectivity index (χ1n) is 7.95. The lowest BCUT2D eigenvalue weighted by molar-refractivity contribution is -0.136. The molecule has 1 aliphatic heterocycles. The van der Waals surface area contributed by atoms with E-state index in [-0.39, 0.29) is 11.8 Å². The molecule has 1 unspecified atom stereocenters. The fraction of sp³-hybridized carbons (Fsp3) is 0.588. The maximum absolute atomic E-state index is 12.8. The van der Waals surface area contributed by atoms with Gasteiger partial charge < -0.3 is 10.2 Å². The molecule has 1 fully saturated rings. The van der Waals surface area contributed by atoms with Gasteiger partial charge in [-0.05, 0) is 37.4 Å². The van der Waals surface area contributed by atoms with Crippen molar-refractivity contribution in [1.29, 1.82) is 0 Å². The van der Waals surface area contributed by atoms with Crippen molar-refractivity contribution in [2.75, 3.05) is 19.6 Å². The minimum atomic E-state index is 0.123. The molecule has 1 aromatic carbocycles. The van der Waals surface area contributed by atoms with Crippen LogP contribution >= 0.6 is 11.6 Å². The molecule has 3 nitrogen and oxygen atoms in total. The van der Waals surface area contributed by atoms with Gasteiger partial charge in [0.25, 0.3) is 0 Å². The standard InChI is InChI=1S/C17H25ClN2O/c1-2-3-11-20(13-15-7-4-5-9-16(15)18)17(21)14-8-6-10-19-12-14/h4-5,7,9,14,19H,2-3,6,8,10-13H2,1H3. The number of carbonyl (C=O) groups is 1. The van der Waals surface area contributed by atoms with Gasteiger partial charge in [-0.1, -0.05) is 43.1 Å². The van der Waals surface area contributed by atoms with Crippen LogP contribution in [0.2, 0.25) is 5.02 Å². The largest absolute Gasteiger partial charge is 0.338 e. The second-order valence-corrected chi connectivity index (χ2v) is 6.16. The summed E-state index contributed by atoms with van der Waals surface area (Å²) in [7, 11) is 0. The summed E-state index contributed by atoms with van der Waals surface area (Å²) in [6, 6.07) is 7.80. The molecule has 1 amide bonds. The molecular formula is C17H25ClN2O. The highest BCUT2D eigenvalue weighted by atomic mass is 35.5. The van der Waals surface area contributed by atoms with Crippen LogP contribution in [0.4, 0.5) is 0 Å². The first-order valence-corrected chi connectivity index (χ1v) is 8.33. The molecule has 116 valence electrons. The van der Waals surface area contributed by atoms with Crippen LogP contribution in [0.1, 0.15) is 38.2 Å². The molecule has 0 radical (unpaired) electrons. The van der Waals surface area contributed by atoms with Gasteiger partial charge in [0, 0.05) is 24.7 Å². The molecule has 0 saturated carbocycles. The van der Waals surface area contributed by atoms with Crippen LogP contribution in [0, 0.1) is 5.92 Å². The van der Waals surface area contributed by atoms with Crippen LogP contribution in [0.25, 0.3) is 0 Å². The van der Waals surface area contributed by atoms with Gasteiger partial charge in [0.1, 0.15) is 0 Å². The Labute approximate surface area is 132 Å². The van der Waals surface area contributed by atoms with Gasteiger partial charge in [-0.15, -0.1) is 0 Å². The Morgan fingerprint density at radius 3 is 2.90 bits per heavy atom. The number of benzene rings is 1. The summed E-state index contributed by atoms with van der Waals surface area (Å²) < 4.78 is 0. The minimum Gasteiger partial charge on any atom is -0.338 e. The summed E-state index contributed by atoms with van der Waals surface area (Å²) in [4.78, 5) is 14.8.